The summed E-state index contributed by atoms with van der Waals surface area (Å²) in [5, 5.41) is 11.2. The molecule has 0 fully saturated rings. The Morgan fingerprint density at radius 2 is 1.67 bits per heavy atom. The van der Waals surface area contributed by atoms with Crippen molar-refractivity contribution in [3.05, 3.63) is 71.5 Å². The Labute approximate surface area is 105 Å². The fourth-order valence-electron chi connectivity index (χ4n) is 1.88. The third-order valence-electron chi connectivity index (χ3n) is 2.84. The van der Waals surface area contributed by atoms with Gasteiger partial charge in [0.15, 0.2) is 0 Å². The maximum absolute atomic E-state index is 12.8. The number of aliphatic carboxylic acids is 1. The molecule has 18 heavy (non-hydrogen) atoms. The first-order chi connectivity index (χ1) is 8.66. The van der Waals surface area contributed by atoms with Crippen LogP contribution in [-0.2, 0) is 11.2 Å². The summed E-state index contributed by atoms with van der Waals surface area (Å²) in [4.78, 5) is 11.2. The number of rotatable bonds is 4. The van der Waals surface area contributed by atoms with E-state index < -0.39 is 11.9 Å². The third-order valence-corrected chi connectivity index (χ3v) is 2.84. The first-order valence-corrected chi connectivity index (χ1v) is 5.67. The van der Waals surface area contributed by atoms with E-state index >= 15 is 0 Å². The molecular formula is C15H12FO2-. The van der Waals surface area contributed by atoms with Gasteiger partial charge in [0.05, 0.1) is 0 Å². The maximum atomic E-state index is 12.8. The van der Waals surface area contributed by atoms with Crippen LogP contribution in [-0.4, -0.2) is 5.97 Å². The van der Waals surface area contributed by atoms with Gasteiger partial charge in [-0.3, -0.25) is 0 Å². The quantitative estimate of drug-likeness (QED) is 0.822. The molecule has 2 aromatic rings. The van der Waals surface area contributed by atoms with Crippen molar-refractivity contribution in [3.63, 3.8) is 0 Å². The van der Waals surface area contributed by atoms with Gasteiger partial charge in [0, 0.05) is 11.9 Å². The molecule has 0 N–H and O–H groups in total. The normalized spacial score (nSPS) is 12.1. The zero-order chi connectivity index (χ0) is 13.0. The Kier molecular flexibility index (Phi) is 3.72. The number of carboxylic acid groups (broad SMARTS) is 1. The van der Waals surface area contributed by atoms with Crippen LogP contribution in [0.25, 0.3) is 0 Å². The lowest BCUT2D eigenvalue weighted by Gasteiger charge is -2.18. The lowest BCUT2D eigenvalue weighted by molar-refractivity contribution is -0.308. The van der Waals surface area contributed by atoms with Crippen molar-refractivity contribution in [1.29, 1.82) is 0 Å². The Morgan fingerprint density at radius 3 is 2.22 bits per heavy atom. The lowest BCUT2D eigenvalue weighted by Crippen LogP contribution is -2.31. The Bertz CT molecular complexity index is 520. The largest absolute Gasteiger partial charge is 0.549 e. The first-order valence-electron chi connectivity index (χ1n) is 5.67. The Hall–Kier alpha value is -2.16. The average molecular weight is 243 g/mol. The van der Waals surface area contributed by atoms with Gasteiger partial charge in [-0.15, -0.1) is 0 Å². The van der Waals surface area contributed by atoms with E-state index in [1.54, 1.807) is 36.4 Å². The van der Waals surface area contributed by atoms with Gasteiger partial charge in [0.25, 0.3) is 0 Å². The monoisotopic (exact) mass is 243 g/mol. The van der Waals surface area contributed by atoms with E-state index in [2.05, 4.69) is 0 Å². The van der Waals surface area contributed by atoms with Crippen LogP contribution in [0.15, 0.2) is 54.6 Å². The third kappa shape index (κ3) is 2.94. The van der Waals surface area contributed by atoms with E-state index in [4.69, 9.17) is 0 Å². The van der Waals surface area contributed by atoms with Crippen molar-refractivity contribution in [2.45, 2.75) is 12.3 Å². The average Bonchev–Trinajstić information content (AvgIpc) is 2.38. The number of carboxylic acids is 1. The molecule has 0 amide bonds. The van der Waals surface area contributed by atoms with Gasteiger partial charge in [-0.25, -0.2) is 4.39 Å². The van der Waals surface area contributed by atoms with E-state index in [1.807, 2.05) is 6.07 Å². The van der Waals surface area contributed by atoms with Crippen molar-refractivity contribution in [2.75, 3.05) is 0 Å². The molecule has 0 spiro atoms. The predicted molar refractivity (Wildman–Crippen MR) is 64.3 cm³/mol. The highest BCUT2D eigenvalue weighted by Crippen LogP contribution is 2.20. The van der Waals surface area contributed by atoms with Crippen molar-refractivity contribution in [2.24, 2.45) is 0 Å². The second kappa shape index (κ2) is 5.45. The minimum Gasteiger partial charge on any atom is -0.549 e. The van der Waals surface area contributed by atoms with Crippen LogP contribution >= 0.6 is 0 Å². The summed E-state index contributed by atoms with van der Waals surface area (Å²) in [7, 11) is 0. The van der Waals surface area contributed by atoms with Crippen LogP contribution < -0.4 is 5.11 Å². The van der Waals surface area contributed by atoms with Crippen LogP contribution in [0.3, 0.4) is 0 Å². The van der Waals surface area contributed by atoms with Crippen LogP contribution in [0.4, 0.5) is 4.39 Å². The standard InChI is InChI=1S/C15H13FO2/c16-13-8-6-11(7-9-13)10-14(15(17)18)12-4-2-1-3-5-12/h1-9,14H,10H2,(H,17,18)/p-1/t14-/m1/s1. The van der Waals surface area contributed by atoms with Crippen molar-refractivity contribution >= 4 is 5.97 Å². The molecule has 0 bridgehead atoms. The number of halogens is 1. The van der Waals surface area contributed by atoms with E-state index in [1.165, 1.54) is 12.1 Å². The molecule has 3 heteroatoms. The fraction of sp³-hybridized carbons (Fsp3) is 0.133. The molecule has 0 saturated carbocycles. The van der Waals surface area contributed by atoms with Gasteiger partial charge in [-0.2, -0.15) is 0 Å². The number of hydrogen-bond donors (Lipinski definition) is 0. The van der Waals surface area contributed by atoms with Crippen LogP contribution in [0.2, 0.25) is 0 Å². The lowest BCUT2D eigenvalue weighted by atomic mass is 9.92. The van der Waals surface area contributed by atoms with Crippen LogP contribution in [0, 0.1) is 5.82 Å². The van der Waals surface area contributed by atoms with E-state index in [-0.39, 0.29) is 5.82 Å². The fourth-order valence-corrected chi connectivity index (χ4v) is 1.88. The summed E-state index contributed by atoms with van der Waals surface area (Å²) in [5.41, 5.74) is 1.47. The van der Waals surface area contributed by atoms with Gasteiger partial charge in [0.2, 0.25) is 0 Å². The number of benzene rings is 2. The van der Waals surface area contributed by atoms with Crippen molar-refractivity contribution in [1.82, 2.24) is 0 Å². The molecule has 0 aliphatic heterocycles. The van der Waals surface area contributed by atoms with Gasteiger partial charge in [-0.1, -0.05) is 42.5 Å². The molecule has 1 atom stereocenters. The van der Waals surface area contributed by atoms with Gasteiger partial charge < -0.3 is 9.90 Å². The highest BCUT2D eigenvalue weighted by molar-refractivity contribution is 5.74. The second-order valence-corrected chi connectivity index (χ2v) is 4.11. The van der Waals surface area contributed by atoms with Gasteiger partial charge in [0.1, 0.15) is 5.82 Å². The van der Waals surface area contributed by atoms with Crippen LogP contribution in [0.5, 0.6) is 0 Å². The molecule has 0 aliphatic carbocycles. The highest BCUT2D eigenvalue weighted by Gasteiger charge is 2.13. The smallest absolute Gasteiger partial charge is 0.123 e. The molecule has 2 rings (SSSR count). The molecule has 0 aliphatic rings. The molecule has 0 radical (unpaired) electrons. The molecule has 0 aromatic heterocycles. The zero-order valence-corrected chi connectivity index (χ0v) is 9.68. The summed E-state index contributed by atoms with van der Waals surface area (Å²) < 4.78 is 12.8. The molecule has 0 saturated heterocycles. The molecular weight excluding hydrogens is 231 g/mol. The van der Waals surface area contributed by atoms with Crippen molar-refractivity contribution < 1.29 is 14.3 Å². The number of carbonyl (C=O) groups is 1. The van der Waals surface area contributed by atoms with Gasteiger partial charge in [-0.05, 0) is 29.7 Å². The zero-order valence-electron chi connectivity index (χ0n) is 9.68. The summed E-state index contributed by atoms with van der Waals surface area (Å²) in [6.07, 6.45) is 0.298. The van der Waals surface area contributed by atoms with E-state index in [0.29, 0.717) is 12.0 Å². The first kappa shape index (κ1) is 12.3. The highest BCUT2D eigenvalue weighted by atomic mass is 19.1. The molecule has 0 heterocycles. The topological polar surface area (TPSA) is 40.1 Å². The molecule has 2 nitrogen and oxygen atoms in total. The maximum Gasteiger partial charge on any atom is 0.123 e. The minimum atomic E-state index is -1.12. The van der Waals surface area contributed by atoms with Crippen LogP contribution in [0.1, 0.15) is 17.0 Å². The SMILES string of the molecule is O=C([O-])[C@H](Cc1ccc(F)cc1)c1ccccc1. The van der Waals surface area contributed by atoms with E-state index in [0.717, 1.165) is 5.56 Å². The minimum absolute atomic E-state index is 0.298. The summed E-state index contributed by atoms with van der Waals surface area (Å²) in [5.74, 6) is -2.16. The second-order valence-electron chi connectivity index (χ2n) is 4.11. The molecule has 0 unspecified atom stereocenters. The summed E-state index contributed by atoms with van der Waals surface area (Å²) in [6, 6.07) is 14.7. The number of hydrogen-bond acceptors (Lipinski definition) is 2. The Morgan fingerprint density at radius 1 is 1.06 bits per heavy atom. The molecule has 92 valence electrons. The Balaban J connectivity index is 2.22. The summed E-state index contributed by atoms with van der Waals surface area (Å²) in [6.45, 7) is 0. The predicted octanol–water partition coefficient (Wildman–Crippen LogP) is 1.90. The van der Waals surface area contributed by atoms with E-state index in [9.17, 15) is 14.3 Å². The van der Waals surface area contributed by atoms with Gasteiger partial charge >= 0.3 is 0 Å². The molecule has 2 aromatic carbocycles. The number of carbonyl (C=O) groups excluding carboxylic acids is 1. The van der Waals surface area contributed by atoms with Crippen molar-refractivity contribution in [3.8, 4) is 0 Å². The summed E-state index contributed by atoms with van der Waals surface area (Å²) >= 11 is 0.